The van der Waals surface area contributed by atoms with E-state index in [9.17, 15) is 0 Å². The van der Waals surface area contributed by atoms with Crippen LogP contribution in [0.5, 0.6) is 0 Å². The lowest BCUT2D eigenvalue weighted by molar-refractivity contribution is 0.359. The van der Waals surface area contributed by atoms with Crippen molar-refractivity contribution in [3.63, 3.8) is 0 Å². The number of piperidine rings is 1. The molecule has 0 spiro atoms. The van der Waals surface area contributed by atoms with Crippen LogP contribution in [0.2, 0.25) is 0 Å². The van der Waals surface area contributed by atoms with Crippen LogP contribution in [-0.2, 0) is 5.41 Å². The summed E-state index contributed by atoms with van der Waals surface area (Å²) in [7, 11) is 0. The number of rotatable bonds is 3. The Labute approximate surface area is 118 Å². The Bertz CT molecular complexity index is 383. The standard InChI is InChI=1S/C17H28N2/c1-13(19-16-9-11-18-12-10-16)14-5-7-15(8-6-14)17(2,3)4/h5-8,13,16,18-19H,9-12H2,1-4H3. The first kappa shape index (κ1) is 14.5. The van der Waals surface area contributed by atoms with Gasteiger partial charge in [-0.25, -0.2) is 0 Å². The van der Waals surface area contributed by atoms with Gasteiger partial charge in [-0.1, -0.05) is 45.0 Å². The van der Waals surface area contributed by atoms with Gasteiger partial charge in [0, 0.05) is 12.1 Å². The lowest BCUT2D eigenvalue weighted by Gasteiger charge is -2.28. The highest BCUT2D eigenvalue weighted by Gasteiger charge is 2.17. The fraction of sp³-hybridized carbons (Fsp3) is 0.647. The van der Waals surface area contributed by atoms with Gasteiger partial charge < -0.3 is 10.6 Å². The van der Waals surface area contributed by atoms with Gasteiger partial charge in [-0.2, -0.15) is 0 Å². The fourth-order valence-corrected chi connectivity index (χ4v) is 2.71. The molecule has 1 aromatic rings. The normalized spacial score (nSPS) is 19.4. The van der Waals surface area contributed by atoms with Crippen molar-refractivity contribution in [3.8, 4) is 0 Å². The van der Waals surface area contributed by atoms with Gasteiger partial charge in [0.1, 0.15) is 0 Å². The molecule has 0 bridgehead atoms. The van der Waals surface area contributed by atoms with Gasteiger partial charge in [0.25, 0.3) is 0 Å². The summed E-state index contributed by atoms with van der Waals surface area (Å²) in [5, 5.41) is 7.17. The first-order valence-electron chi connectivity index (χ1n) is 7.54. The molecule has 0 aromatic heterocycles. The van der Waals surface area contributed by atoms with Gasteiger partial charge in [0.2, 0.25) is 0 Å². The highest BCUT2D eigenvalue weighted by Crippen LogP contribution is 2.24. The molecule has 1 saturated heterocycles. The Hall–Kier alpha value is -0.860. The van der Waals surface area contributed by atoms with Gasteiger partial charge in [-0.3, -0.25) is 0 Å². The molecule has 19 heavy (non-hydrogen) atoms. The zero-order valence-electron chi connectivity index (χ0n) is 12.8. The third-order valence-corrected chi connectivity index (χ3v) is 4.10. The van der Waals surface area contributed by atoms with Gasteiger partial charge in [-0.05, 0) is 49.4 Å². The van der Waals surface area contributed by atoms with E-state index in [4.69, 9.17) is 0 Å². The second-order valence-corrected chi connectivity index (χ2v) is 6.78. The summed E-state index contributed by atoms with van der Waals surface area (Å²) in [6, 6.07) is 10.2. The Kier molecular flexibility index (Phi) is 4.64. The van der Waals surface area contributed by atoms with Gasteiger partial charge >= 0.3 is 0 Å². The zero-order chi connectivity index (χ0) is 13.9. The molecular formula is C17H28N2. The number of hydrogen-bond donors (Lipinski definition) is 2. The van der Waals surface area contributed by atoms with Gasteiger partial charge in [0.15, 0.2) is 0 Å². The lowest BCUT2D eigenvalue weighted by atomic mass is 9.86. The number of hydrogen-bond acceptors (Lipinski definition) is 2. The Balaban J connectivity index is 1.97. The Morgan fingerprint density at radius 2 is 1.68 bits per heavy atom. The summed E-state index contributed by atoms with van der Waals surface area (Å²) in [5.74, 6) is 0. The molecule has 2 rings (SSSR count). The van der Waals surface area contributed by atoms with E-state index < -0.39 is 0 Å². The predicted octanol–water partition coefficient (Wildman–Crippen LogP) is 3.39. The summed E-state index contributed by atoms with van der Waals surface area (Å²) in [6.45, 7) is 11.4. The first-order chi connectivity index (χ1) is 8.97. The van der Waals surface area contributed by atoms with Crippen LogP contribution in [0.1, 0.15) is 57.7 Å². The van der Waals surface area contributed by atoms with Gasteiger partial charge in [-0.15, -0.1) is 0 Å². The molecule has 1 heterocycles. The lowest BCUT2D eigenvalue weighted by Crippen LogP contribution is -2.40. The Morgan fingerprint density at radius 3 is 2.21 bits per heavy atom. The molecule has 1 aliphatic heterocycles. The maximum absolute atomic E-state index is 3.75. The zero-order valence-corrected chi connectivity index (χ0v) is 12.8. The molecule has 1 aromatic carbocycles. The largest absolute Gasteiger partial charge is 0.317 e. The van der Waals surface area contributed by atoms with Crippen molar-refractivity contribution in [1.82, 2.24) is 10.6 Å². The minimum Gasteiger partial charge on any atom is -0.317 e. The summed E-state index contributed by atoms with van der Waals surface area (Å²) in [5.41, 5.74) is 3.04. The van der Waals surface area contributed by atoms with Crippen LogP contribution < -0.4 is 10.6 Å². The minimum atomic E-state index is 0.240. The van der Waals surface area contributed by atoms with E-state index in [1.54, 1.807) is 0 Å². The highest BCUT2D eigenvalue weighted by molar-refractivity contribution is 5.29. The maximum atomic E-state index is 3.75. The molecule has 0 radical (unpaired) electrons. The highest BCUT2D eigenvalue weighted by atomic mass is 15.0. The maximum Gasteiger partial charge on any atom is 0.0294 e. The molecule has 106 valence electrons. The second-order valence-electron chi connectivity index (χ2n) is 6.78. The molecule has 0 saturated carbocycles. The summed E-state index contributed by atoms with van der Waals surface area (Å²) in [4.78, 5) is 0. The van der Waals surface area contributed by atoms with Crippen LogP contribution in [0.3, 0.4) is 0 Å². The van der Waals surface area contributed by atoms with Crippen LogP contribution in [0.4, 0.5) is 0 Å². The molecule has 0 amide bonds. The topological polar surface area (TPSA) is 24.1 Å². The molecule has 0 aliphatic carbocycles. The fourth-order valence-electron chi connectivity index (χ4n) is 2.71. The quantitative estimate of drug-likeness (QED) is 0.870. The van der Waals surface area contributed by atoms with Crippen LogP contribution in [0.25, 0.3) is 0 Å². The second kappa shape index (κ2) is 6.06. The van der Waals surface area contributed by atoms with E-state index in [0.717, 1.165) is 13.1 Å². The molecule has 1 unspecified atom stereocenters. The molecule has 2 nitrogen and oxygen atoms in total. The molecule has 1 aliphatic rings. The van der Waals surface area contributed by atoms with Crippen LogP contribution in [0, 0.1) is 0 Å². The van der Waals surface area contributed by atoms with E-state index in [-0.39, 0.29) is 5.41 Å². The van der Waals surface area contributed by atoms with E-state index >= 15 is 0 Å². The van der Waals surface area contributed by atoms with Crippen LogP contribution in [-0.4, -0.2) is 19.1 Å². The van der Waals surface area contributed by atoms with Crippen molar-refractivity contribution in [1.29, 1.82) is 0 Å². The number of benzene rings is 1. The molecular weight excluding hydrogens is 232 g/mol. The third kappa shape index (κ3) is 4.05. The average Bonchev–Trinajstić information content (AvgIpc) is 2.39. The van der Waals surface area contributed by atoms with Crippen LogP contribution in [0.15, 0.2) is 24.3 Å². The predicted molar refractivity (Wildman–Crippen MR) is 82.6 cm³/mol. The molecule has 1 atom stereocenters. The van der Waals surface area contributed by atoms with E-state index in [1.807, 2.05) is 0 Å². The van der Waals surface area contributed by atoms with Crippen molar-refractivity contribution in [2.24, 2.45) is 0 Å². The summed E-state index contributed by atoms with van der Waals surface area (Å²) in [6.07, 6.45) is 2.48. The molecule has 2 heteroatoms. The Morgan fingerprint density at radius 1 is 1.11 bits per heavy atom. The van der Waals surface area contributed by atoms with E-state index in [1.165, 1.54) is 24.0 Å². The van der Waals surface area contributed by atoms with Crippen molar-refractivity contribution in [3.05, 3.63) is 35.4 Å². The van der Waals surface area contributed by atoms with Crippen molar-refractivity contribution in [2.45, 2.75) is 58.0 Å². The smallest absolute Gasteiger partial charge is 0.0294 e. The third-order valence-electron chi connectivity index (χ3n) is 4.10. The number of nitrogens with one attached hydrogen (secondary N) is 2. The van der Waals surface area contributed by atoms with Gasteiger partial charge in [0.05, 0.1) is 0 Å². The molecule has 1 fully saturated rings. The average molecular weight is 260 g/mol. The van der Waals surface area contributed by atoms with Crippen molar-refractivity contribution < 1.29 is 0 Å². The SMILES string of the molecule is CC(NC1CCNCC1)c1ccc(C(C)(C)C)cc1. The van der Waals surface area contributed by atoms with Crippen molar-refractivity contribution in [2.75, 3.05) is 13.1 Å². The van der Waals surface area contributed by atoms with E-state index in [0.29, 0.717) is 12.1 Å². The molecule has 2 N–H and O–H groups in total. The minimum absolute atomic E-state index is 0.240. The summed E-state index contributed by atoms with van der Waals surface area (Å²) >= 11 is 0. The van der Waals surface area contributed by atoms with E-state index in [2.05, 4.69) is 62.6 Å². The first-order valence-corrected chi connectivity index (χ1v) is 7.54. The van der Waals surface area contributed by atoms with Crippen molar-refractivity contribution >= 4 is 0 Å². The van der Waals surface area contributed by atoms with Crippen LogP contribution >= 0.6 is 0 Å². The monoisotopic (exact) mass is 260 g/mol. The summed E-state index contributed by atoms with van der Waals surface area (Å²) < 4.78 is 0.